The minimum atomic E-state index is -0.500. The summed E-state index contributed by atoms with van der Waals surface area (Å²) in [5.74, 6) is 0.00925. The molecule has 6 nitrogen and oxygen atoms in total. The fraction of sp³-hybridized carbons (Fsp3) is 0.278. The number of carbonyl (C=O) groups is 1. The lowest BCUT2D eigenvalue weighted by atomic mass is 10.1. The van der Waals surface area contributed by atoms with E-state index in [9.17, 15) is 14.9 Å². The molecule has 1 heterocycles. The molecule has 2 aromatic carbocycles. The number of carbonyl (C=O) groups excluding carboxylic acids is 1. The van der Waals surface area contributed by atoms with Crippen molar-refractivity contribution in [3.63, 3.8) is 0 Å². The highest BCUT2D eigenvalue weighted by molar-refractivity contribution is 6.33. The molecule has 2 aromatic rings. The molecule has 0 spiro atoms. The number of nitrogens with zero attached hydrogens (tertiary/aromatic N) is 2. The SMILES string of the molecule is Cc1ccc(CN2CCC(Nc3ccc([N+](=O)[O-])cc3Cl)C2=O)cc1. The van der Waals surface area contributed by atoms with Gasteiger partial charge in [0.25, 0.3) is 5.69 Å². The maximum atomic E-state index is 12.6. The molecule has 0 aromatic heterocycles. The highest BCUT2D eigenvalue weighted by atomic mass is 35.5. The normalized spacial score (nSPS) is 17.0. The van der Waals surface area contributed by atoms with Gasteiger partial charge in [-0.2, -0.15) is 0 Å². The van der Waals surface area contributed by atoms with Gasteiger partial charge in [0.05, 0.1) is 15.6 Å². The number of aryl methyl sites for hydroxylation is 1. The second-order valence-corrected chi connectivity index (χ2v) is 6.56. The maximum absolute atomic E-state index is 12.6. The van der Waals surface area contributed by atoms with E-state index in [1.54, 1.807) is 0 Å². The molecule has 0 saturated carbocycles. The Kier molecular flexibility index (Phi) is 4.90. The van der Waals surface area contributed by atoms with Crippen molar-refractivity contribution in [2.24, 2.45) is 0 Å². The number of hydrogen-bond acceptors (Lipinski definition) is 4. The number of likely N-dealkylation sites (tertiary alicyclic amines) is 1. The average Bonchev–Trinajstić information content (AvgIpc) is 2.92. The second kappa shape index (κ2) is 7.11. The smallest absolute Gasteiger partial charge is 0.271 e. The molecule has 1 N–H and O–H groups in total. The predicted molar refractivity (Wildman–Crippen MR) is 96.7 cm³/mol. The second-order valence-electron chi connectivity index (χ2n) is 6.15. The first-order valence-electron chi connectivity index (χ1n) is 7.99. The molecule has 1 fully saturated rings. The fourth-order valence-electron chi connectivity index (χ4n) is 2.87. The topological polar surface area (TPSA) is 75.5 Å². The Labute approximate surface area is 150 Å². The Morgan fingerprint density at radius 2 is 2.00 bits per heavy atom. The molecule has 1 aliphatic rings. The Hall–Kier alpha value is -2.60. The van der Waals surface area contributed by atoms with Crippen LogP contribution in [0.4, 0.5) is 11.4 Å². The Balaban J connectivity index is 1.66. The Morgan fingerprint density at radius 1 is 1.28 bits per heavy atom. The van der Waals surface area contributed by atoms with Crippen LogP contribution in [0.2, 0.25) is 5.02 Å². The van der Waals surface area contributed by atoms with E-state index in [1.165, 1.54) is 23.8 Å². The number of amides is 1. The van der Waals surface area contributed by atoms with Gasteiger partial charge in [-0.3, -0.25) is 14.9 Å². The number of nitrogens with one attached hydrogen (secondary N) is 1. The van der Waals surface area contributed by atoms with Crippen molar-refractivity contribution in [2.45, 2.75) is 25.9 Å². The number of rotatable bonds is 5. The standard InChI is InChI=1S/C18H18ClN3O3/c1-12-2-4-13(5-3-12)11-21-9-8-17(18(21)23)20-16-7-6-14(22(24)25)10-15(16)19/h2-7,10,17,20H,8-9,11H2,1H3. The number of nitro benzene ring substituents is 1. The first kappa shape index (κ1) is 17.2. The molecule has 0 bridgehead atoms. The van der Waals surface area contributed by atoms with Crippen LogP contribution in [0.25, 0.3) is 0 Å². The van der Waals surface area contributed by atoms with Gasteiger partial charge in [0.1, 0.15) is 6.04 Å². The van der Waals surface area contributed by atoms with Crippen LogP contribution in [-0.4, -0.2) is 28.3 Å². The largest absolute Gasteiger partial charge is 0.372 e. The first-order valence-corrected chi connectivity index (χ1v) is 8.36. The molecule has 1 unspecified atom stereocenters. The lowest BCUT2D eigenvalue weighted by Gasteiger charge is -2.18. The van der Waals surface area contributed by atoms with Crippen molar-refractivity contribution in [3.8, 4) is 0 Å². The van der Waals surface area contributed by atoms with Gasteiger partial charge < -0.3 is 10.2 Å². The minimum absolute atomic E-state index is 0.00925. The summed E-state index contributed by atoms with van der Waals surface area (Å²) in [6.45, 7) is 3.26. The summed E-state index contributed by atoms with van der Waals surface area (Å²) in [5, 5.41) is 14.1. The summed E-state index contributed by atoms with van der Waals surface area (Å²) in [7, 11) is 0. The molecule has 1 aliphatic heterocycles. The Morgan fingerprint density at radius 3 is 2.64 bits per heavy atom. The lowest BCUT2D eigenvalue weighted by Crippen LogP contribution is -2.33. The molecule has 7 heteroatoms. The van der Waals surface area contributed by atoms with Gasteiger partial charge in [-0.1, -0.05) is 41.4 Å². The third-order valence-electron chi connectivity index (χ3n) is 4.28. The molecular formula is C18H18ClN3O3. The third-order valence-corrected chi connectivity index (χ3v) is 4.60. The van der Waals surface area contributed by atoms with Crippen LogP contribution in [0.5, 0.6) is 0 Å². The molecule has 130 valence electrons. The van der Waals surface area contributed by atoms with E-state index in [0.29, 0.717) is 25.2 Å². The van der Waals surface area contributed by atoms with Gasteiger partial charge in [-0.05, 0) is 25.0 Å². The van der Waals surface area contributed by atoms with Crippen LogP contribution in [0.15, 0.2) is 42.5 Å². The van der Waals surface area contributed by atoms with Crippen LogP contribution < -0.4 is 5.32 Å². The van der Waals surface area contributed by atoms with Crippen LogP contribution >= 0.6 is 11.6 Å². The van der Waals surface area contributed by atoms with Crippen LogP contribution in [0, 0.1) is 17.0 Å². The van der Waals surface area contributed by atoms with Crippen molar-refractivity contribution in [2.75, 3.05) is 11.9 Å². The van der Waals surface area contributed by atoms with E-state index in [1.807, 2.05) is 36.1 Å². The van der Waals surface area contributed by atoms with Crippen molar-refractivity contribution in [1.29, 1.82) is 0 Å². The zero-order valence-electron chi connectivity index (χ0n) is 13.7. The van der Waals surface area contributed by atoms with Gasteiger partial charge in [0, 0.05) is 25.2 Å². The van der Waals surface area contributed by atoms with E-state index < -0.39 is 4.92 Å². The number of benzene rings is 2. The van der Waals surface area contributed by atoms with Crippen LogP contribution in [0.3, 0.4) is 0 Å². The monoisotopic (exact) mass is 359 g/mol. The Bertz CT molecular complexity index is 808. The molecule has 1 saturated heterocycles. The summed E-state index contributed by atoms with van der Waals surface area (Å²) in [5.41, 5.74) is 2.73. The molecular weight excluding hydrogens is 342 g/mol. The number of non-ortho nitro benzene ring substituents is 1. The molecule has 1 atom stereocenters. The summed E-state index contributed by atoms with van der Waals surface area (Å²) in [4.78, 5) is 24.7. The summed E-state index contributed by atoms with van der Waals surface area (Å²) >= 11 is 6.09. The lowest BCUT2D eigenvalue weighted by molar-refractivity contribution is -0.384. The molecule has 0 aliphatic carbocycles. The number of anilines is 1. The zero-order valence-corrected chi connectivity index (χ0v) is 14.5. The maximum Gasteiger partial charge on any atom is 0.271 e. The molecule has 1 amide bonds. The van der Waals surface area contributed by atoms with Crippen LogP contribution in [0.1, 0.15) is 17.5 Å². The summed E-state index contributed by atoms with van der Waals surface area (Å²) in [6, 6.07) is 11.9. The van der Waals surface area contributed by atoms with Crippen molar-refractivity contribution < 1.29 is 9.72 Å². The highest BCUT2D eigenvalue weighted by Crippen LogP contribution is 2.29. The van der Waals surface area contributed by atoms with Crippen LogP contribution in [-0.2, 0) is 11.3 Å². The molecule has 25 heavy (non-hydrogen) atoms. The van der Waals surface area contributed by atoms with Crippen molar-refractivity contribution in [3.05, 3.63) is 68.7 Å². The van der Waals surface area contributed by atoms with Gasteiger partial charge in [0.15, 0.2) is 0 Å². The zero-order chi connectivity index (χ0) is 18.0. The number of nitro groups is 1. The third kappa shape index (κ3) is 3.91. The summed E-state index contributed by atoms with van der Waals surface area (Å²) in [6.07, 6.45) is 0.665. The van der Waals surface area contributed by atoms with Gasteiger partial charge in [-0.15, -0.1) is 0 Å². The minimum Gasteiger partial charge on any atom is -0.372 e. The van der Waals surface area contributed by atoms with Gasteiger partial charge >= 0.3 is 0 Å². The van der Waals surface area contributed by atoms with E-state index in [2.05, 4.69) is 5.32 Å². The van der Waals surface area contributed by atoms with Crippen molar-refractivity contribution in [1.82, 2.24) is 4.90 Å². The number of halogens is 1. The van der Waals surface area contributed by atoms with Gasteiger partial charge in [0.2, 0.25) is 5.91 Å². The van der Waals surface area contributed by atoms with E-state index in [0.717, 1.165) is 5.56 Å². The first-order chi connectivity index (χ1) is 11.9. The highest BCUT2D eigenvalue weighted by Gasteiger charge is 2.31. The van der Waals surface area contributed by atoms with Gasteiger partial charge in [-0.25, -0.2) is 0 Å². The van der Waals surface area contributed by atoms with E-state index in [-0.39, 0.29) is 22.7 Å². The van der Waals surface area contributed by atoms with Crippen molar-refractivity contribution >= 4 is 28.9 Å². The van der Waals surface area contributed by atoms with E-state index in [4.69, 9.17) is 11.6 Å². The average molecular weight is 360 g/mol. The number of hydrogen-bond donors (Lipinski definition) is 1. The fourth-order valence-corrected chi connectivity index (χ4v) is 3.10. The molecule has 3 rings (SSSR count). The quantitative estimate of drug-likeness (QED) is 0.651. The predicted octanol–water partition coefficient (Wildman–Crippen LogP) is 3.77. The summed E-state index contributed by atoms with van der Waals surface area (Å²) < 4.78 is 0. The van der Waals surface area contributed by atoms with E-state index >= 15 is 0 Å². The molecule has 0 radical (unpaired) electrons.